The molecule has 1 aromatic heterocycles. The number of nitrogens with one attached hydrogen (secondary N) is 1. The van der Waals surface area contributed by atoms with Gasteiger partial charge in [0.05, 0.1) is 0 Å². The summed E-state index contributed by atoms with van der Waals surface area (Å²) in [6.45, 7) is 2.10. The highest BCUT2D eigenvalue weighted by atomic mass is 16.3. The quantitative estimate of drug-likeness (QED) is 0.891. The SMILES string of the molecule is Cc1c(C2=C3C(N)=NC=CN3C(C3CCC3)N2)oc2ccccc12. The summed E-state index contributed by atoms with van der Waals surface area (Å²) in [5.41, 5.74) is 10.2. The third kappa shape index (κ3) is 1.78. The molecule has 5 rings (SSSR count). The van der Waals surface area contributed by atoms with E-state index < -0.39 is 0 Å². The summed E-state index contributed by atoms with van der Waals surface area (Å²) in [7, 11) is 0. The van der Waals surface area contributed by atoms with Crippen LogP contribution in [0.4, 0.5) is 0 Å². The van der Waals surface area contributed by atoms with Crippen molar-refractivity contribution in [3.63, 3.8) is 0 Å². The van der Waals surface area contributed by atoms with Crippen LogP contribution in [0.5, 0.6) is 0 Å². The van der Waals surface area contributed by atoms with Gasteiger partial charge in [0.1, 0.15) is 29.0 Å². The molecule has 3 heterocycles. The Morgan fingerprint density at radius 2 is 2.12 bits per heavy atom. The van der Waals surface area contributed by atoms with Gasteiger partial charge in [0.15, 0.2) is 5.76 Å². The molecule has 0 spiro atoms. The Bertz CT molecular complexity index is 917. The molecule has 2 aromatic rings. The number of aryl methyl sites for hydroxylation is 1. The van der Waals surface area contributed by atoms with E-state index in [9.17, 15) is 0 Å². The number of fused-ring (bicyclic) bond motifs is 2. The van der Waals surface area contributed by atoms with Gasteiger partial charge in [0, 0.05) is 23.3 Å². The molecule has 24 heavy (non-hydrogen) atoms. The van der Waals surface area contributed by atoms with Crippen molar-refractivity contribution in [3.8, 4) is 0 Å². The number of hydrogen-bond donors (Lipinski definition) is 2. The fourth-order valence-electron chi connectivity index (χ4n) is 3.91. The molecule has 0 saturated heterocycles. The van der Waals surface area contributed by atoms with Gasteiger partial charge in [0.2, 0.25) is 0 Å². The average molecular weight is 320 g/mol. The van der Waals surface area contributed by atoms with Crippen LogP contribution in [-0.2, 0) is 0 Å². The first-order chi connectivity index (χ1) is 11.7. The molecule has 1 atom stereocenters. The van der Waals surface area contributed by atoms with Gasteiger partial charge in [-0.1, -0.05) is 24.6 Å². The Kier molecular flexibility index (Phi) is 2.80. The van der Waals surface area contributed by atoms with Gasteiger partial charge in [-0.3, -0.25) is 0 Å². The summed E-state index contributed by atoms with van der Waals surface area (Å²) >= 11 is 0. The van der Waals surface area contributed by atoms with Crippen LogP contribution in [0.25, 0.3) is 16.7 Å². The number of benzene rings is 1. The second-order valence-electron chi connectivity index (χ2n) is 6.78. The summed E-state index contributed by atoms with van der Waals surface area (Å²) in [6.07, 6.45) is 7.84. The molecule has 122 valence electrons. The lowest BCUT2D eigenvalue weighted by Gasteiger charge is -2.37. The van der Waals surface area contributed by atoms with E-state index in [2.05, 4.69) is 28.2 Å². The number of para-hydroxylation sites is 1. The second kappa shape index (κ2) is 4.90. The maximum absolute atomic E-state index is 6.23. The number of rotatable bonds is 2. The third-order valence-electron chi connectivity index (χ3n) is 5.44. The number of furan rings is 1. The molecule has 1 fully saturated rings. The molecule has 0 radical (unpaired) electrons. The van der Waals surface area contributed by atoms with Gasteiger partial charge in [-0.2, -0.15) is 0 Å². The molecule has 1 aromatic carbocycles. The smallest absolute Gasteiger partial charge is 0.156 e. The summed E-state index contributed by atoms with van der Waals surface area (Å²) in [5.74, 6) is 2.05. The topological polar surface area (TPSA) is 66.8 Å². The van der Waals surface area contributed by atoms with Crippen LogP contribution in [0.3, 0.4) is 0 Å². The Morgan fingerprint density at radius 3 is 2.88 bits per heavy atom. The molecular formula is C19H20N4O. The number of nitrogens with two attached hydrogens (primary N) is 1. The van der Waals surface area contributed by atoms with E-state index in [4.69, 9.17) is 10.2 Å². The zero-order chi connectivity index (χ0) is 16.3. The second-order valence-corrected chi connectivity index (χ2v) is 6.78. The standard InChI is InChI=1S/C19H20N4O/c1-11-13-7-2-3-8-14(13)24-17(11)15-16-18(20)21-9-10-23(16)19(22-15)12-5-4-6-12/h2-3,7-10,12,19,22H,4-6H2,1H3,(H2,20,21). The fraction of sp³-hybridized carbons (Fsp3) is 0.316. The van der Waals surface area contributed by atoms with Gasteiger partial charge in [-0.05, 0) is 31.7 Å². The zero-order valence-corrected chi connectivity index (χ0v) is 13.6. The number of nitrogens with zero attached hydrogens (tertiary/aromatic N) is 2. The van der Waals surface area contributed by atoms with Gasteiger partial charge in [-0.15, -0.1) is 0 Å². The summed E-state index contributed by atoms with van der Waals surface area (Å²) in [6, 6.07) is 8.14. The van der Waals surface area contributed by atoms with Crippen LogP contribution >= 0.6 is 0 Å². The highest BCUT2D eigenvalue weighted by Gasteiger charge is 2.41. The van der Waals surface area contributed by atoms with E-state index in [0.717, 1.165) is 33.7 Å². The van der Waals surface area contributed by atoms with Crippen molar-refractivity contribution in [2.45, 2.75) is 32.4 Å². The summed E-state index contributed by atoms with van der Waals surface area (Å²) in [5, 5.41) is 4.82. The molecule has 3 N–H and O–H groups in total. The predicted octanol–water partition coefficient (Wildman–Crippen LogP) is 3.28. The minimum atomic E-state index is 0.238. The molecule has 2 aliphatic heterocycles. The van der Waals surface area contributed by atoms with Crippen molar-refractivity contribution in [1.82, 2.24) is 10.2 Å². The molecule has 3 aliphatic rings. The Hall–Kier alpha value is -2.69. The van der Waals surface area contributed by atoms with Gasteiger partial charge in [-0.25, -0.2) is 4.99 Å². The molecule has 1 aliphatic carbocycles. The molecule has 1 saturated carbocycles. The molecule has 0 bridgehead atoms. The first kappa shape index (κ1) is 13.7. The molecule has 5 heteroatoms. The van der Waals surface area contributed by atoms with E-state index in [1.165, 1.54) is 19.3 Å². The van der Waals surface area contributed by atoms with Crippen LogP contribution in [0.1, 0.15) is 30.6 Å². The molecule has 5 nitrogen and oxygen atoms in total. The van der Waals surface area contributed by atoms with Gasteiger partial charge in [0.25, 0.3) is 0 Å². The minimum Gasteiger partial charge on any atom is -0.454 e. The van der Waals surface area contributed by atoms with Crippen molar-refractivity contribution >= 4 is 22.5 Å². The van der Waals surface area contributed by atoms with Gasteiger partial charge < -0.3 is 20.4 Å². The molecular weight excluding hydrogens is 300 g/mol. The minimum absolute atomic E-state index is 0.238. The van der Waals surface area contributed by atoms with Crippen molar-refractivity contribution < 1.29 is 4.42 Å². The lowest BCUT2D eigenvalue weighted by Crippen LogP contribution is -2.45. The lowest BCUT2D eigenvalue weighted by molar-refractivity contribution is 0.164. The van der Waals surface area contributed by atoms with E-state index in [0.29, 0.717) is 11.8 Å². The van der Waals surface area contributed by atoms with Crippen LogP contribution in [0.2, 0.25) is 0 Å². The van der Waals surface area contributed by atoms with Crippen molar-refractivity contribution in [1.29, 1.82) is 0 Å². The fourth-order valence-corrected chi connectivity index (χ4v) is 3.91. The van der Waals surface area contributed by atoms with Crippen molar-refractivity contribution in [2.24, 2.45) is 16.6 Å². The van der Waals surface area contributed by atoms with Crippen LogP contribution < -0.4 is 11.1 Å². The van der Waals surface area contributed by atoms with Crippen molar-refractivity contribution in [2.75, 3.05) is 0 Å². The van der Waals surface area contributed by atoms with Crippen molar-refractivity contribution in [3.05, 3.63) is 53.7 Å². The monoisotopic (exact) mass is 320 g/mol. The Morgan fingerprint density at radius 1 is 1.29 bits per heavy atom. The Balaban J connectivity index is 1.67. The number of hydrogen-bond acceptors (Lipinski definition) is 5. The highest BCUT2D eigenvalue weighted by Crippen LogP contribution is 2.41. The Labute approximate surface area is 140 Å². The highest BCUT2D eigenvalue weighted by molar-refractivity contribution is 6.05. The largest absolute Gasteiger partial charge is 0.454 e. The summed E-state index contributed by atoms with van der Waals surface area (Å²) in [4.78, 5) is 6.53. The maximum atomic E-state index is 6.23. The normalized spacial score (nSPS) is 23.3. The van der Waals surface area contributed by atoms with E-state index in [1.807, 2.05) is 24.4 Å². The van der Waals surface area contributed by atoms with E-state index in [1.54, 1.807) is 6.20 Å². The van der Waals surface area contributed by atoms with Crippen LogP contribution in [0.15, 0.2) is 51.8 Å². The lowest BCUT2D eigenvalue weighted by atomic mass is 9.82. The number of amidine groups is 1. The zero-order valence-electron chi connectivity index (χ0n) is 13.6. The van der Waals surface area contributed by atoms with Gasteiger partial charge >= 0.3 is 0 Å². The predicted molar refractivity (Wildman–Crippen MR) is 94.7 cm³/mol. The maximum Gasteiger partial charge on any atom is 0.156 e. The first-order valence-electron chi connectivity index (χ1n) is 8.52. The first-order valence-corrected chi connectivity index (χ1v) is 8.52. The number of aliphatic imine (C=N–C) groups is 1. The van der Waals surface area contributed by atoms with E-state index >= 15 is 0 Å². The summed E-state index contributed by atoms with van der Waals surface area (Å²) < 4.78 is 6.18. The molecule has 0 amide bonds. The van der Waals surface area contributed by atoms with Crippen LogP contribution in [-0.4, -0.2) is 16.9 Å². The van der Waals surface area contributed by atoms with E-state index in [-0.39, 0.29) is 6.17 Å². The van der Waals surface area contributed by atoms with Crippen LogP contribution in [0, 0.1) is 12.8 Å². The third-order valence-corrected chi connectivity index (χ3v) is 5.44. The average Bonchev–Trinajstić information content (AvgIpc) is 3.06. The molecule has 1 unspecified atom stereocenters.